The number of rotatable bonds is 4. The molecule has 1 aromatic carbocycles. The molecule has 0 saturated heterocycles. The van der Waals surface area contributed by atoms with Crippen LogP contribution in [0.5, 0.6) is 0 Å². The first-order valence-corrected chi connectivity index (χ1v) is 5.81. The summed E-state index contributed by atoms with van der Waals surface area (Å²) in [5, 5.41) is 12.0. The molecule has 0 fully saturated rings. The quantitative estimate of drug-likeness (QED) is 0.903. The molecule has 2 aromatic rings. The summed E-state index contributed by atoms with van der Waals surface area (Å²) in [5.41, 5.74) is 0.888. The fourth-order valence-corrected chi connectivity index (χ4v) is 1.71. The summed E-state index contributed by atoms with van der Waals surface area (Å²) < 4.78 is 12.7. The first-order chi connectivity index (χ1) is 9.06. The lowest BCUT2D eigenvalue weighted by Gasteiger charge is -2.08. The van der Waals surface area contributed by atoms with Crippen molar-refractivity contribution in [3.63, 3.8) is 0 Å². The molecule has 0 aliphatic rings. The Morgan fingerprint density at radius 3 is 2.63 bits per heavy atom. The number of carboxylic acids is 1. The minimum Gasteiger partial charge on any atom is -0.478 e. The third-order valence-electron chi connectivity index (χ3n) is 2.46. The highest BCUT2D eigenvalue weighted by Gasteiger charge is 2.08. The Morgan fingerprint density at radius 2 is 2.05 bits per heavy atom. The van der Waals surface area contributed by atoms with Crippen molar-refractivity contribution in [3.8, 4) is 0 Å². The second-order valence-electron chi connectivity index (χ2n) is 3.84. The van der Waals surface area contributed by atoms with E-state index in [4.69, 9.17) is 16.7 Å². The molecule has 6 heteroatoms. The Bertz CT molecular complexity index is 602. The summed E-state index contributed by atoms with van der Waals surface area (Å²) in [6, 6.07) is 7.33. The Hall–Kier alpha value is -2.14. The zero-order chi connectivity index (χ0) is 13.8. The van der Waals surface area contributed by atoms with E-state index < -0.39 is 5.97 Å². The van der Waals surface area contributed by atoms with Gasteiger partial charge >= 0.3 is 5.97 Å². The van der Waals surface area contributed by atoms with Gasteiger partial charge in [0.15, 0.2) is 0 Å². The van der Waals surface area contributed by atoms with Gasteiger partial charge in [0.25, 0.3) is 0 Å². The van der Waals surface area contributed by atoms with E-state index in [1.54, 1.807) is 12.1 Å². The van der Waals surface area contributed by atoms with Gasteiger partial charge in [-0.2, -0.15) is 0 Å². The normalized spacial score (nSPS) is 10.2. The molecular weight excluding hydrogens is 271 g/mol. The smallest absolute Gasteiger partial charge is 0.337 e. The summed E-state index contributed by atoms with van der Waals surface area (Å²) in [5.74, 6) is -0.999. The molecule has 98 valence electrons. The summed E-state index contributed by atoms with van der Waals surface area (Å²) in [6.07, 6.45) is 1.22. The van der Waals surface area contributed by atoms with Gasteiger partial charge in [0.2, 0.25) is 0 Å². The van der Waals surface area contributed by atoms with Gasteiger partial charge in [-0.3, -0.25) is 0 Å². The molecule has 0 aliphatic carbocycles. The van der Waals surface area contributed by atoms with Crippen molar-refractivity contribution in [2.75, 3.05) is 5.32 Å². The highest BCUT2D eigenvalue weighted by Crippen LogP contribution is 2.20. The number of nitrogens with one attached hydrogen (secondary N) is 1. The topological polar surface area (TPSA) is 62.2 Å². The molecule has 2 N–H and O–H groups in total. The van der Waals surface area contributed by atoms with Gasteiger partial charge in [0.05, 0.1) is 10.6 Å². The van der Waals surface area contributed by atoms with Gasteiger partial charge in [-0.15, -0.1) is 0 Å². The number of benzene rings is 1. The highest BCUT2D eigenvalue weighted by molar-refractivity contribution is 6.33. The predicted molar refractivity (Wildman–Crippen MR) is 69.9 cm³/mol. The first-order valence-electron chi connectivity index (χ1n) is 5.43. The summed E-state index contributed by atoms with van der Waals surface area (Å²) in [6.45, 7) is 0.416. The lowest BCUT2D eigenvalue weighted by Crippen LogP contribution is -2.04. The van der Waals surface area contributed by atoms with Gasteiger partial charge in [-0.1, -0.05) is 23.7 Å². The van der Waals surface area contributed by atoms with E-state index in [9.17, 15) is 9.18 Å². The van der Waals surface area contributed by atoms with Crippen LogP contribution in [0.3, 0.4) is 0 Å². The number of carboxylic acid groups (broad SMARTS) is 1. The van der Waals surface area contributed by atoms with Crippen molar-refractivity contribution in [2.45, 2.75) is 6.54 Å². The maximum atomic E-state index is 12.7. The van der Waals surface area contributed by atoms with Crippen LogP contribution in [0.2, 0.25) is 5.02 Å². The number of pyridine rings is 1. The summed E-state index contributed by atoms with van der Waals surface area (Å²) >= 11 is 5.92. The van der Waals surface area contributed by atoms with E-state index in [-0.39, 0.29) is 16.4 Å². The molecule has 0 radical (unpaired) electrons. The van der Waals surface area contributed by atoms with Crippen molar-refractivity contribution in [2.24, 2.45) is 0 Å². The fraction of sp³-hybridized carbons (Fsp3) is 0.0769. The SMILES string of the molecule is O=C(O)c1cnc(NCc2ccc(F)cc2)c(Cl)c1. The number of hydrogen-bond acceptors (Lipinski definition) is 3. The maximum absolute atomic E-state index is 12.7. The monoisotopic (exact) mass is 280 g/mol. The van der Waals surface area contributed by atoms with Crippen LogP contribution in [-0.4, -0.2) is 16.1 Å². The zero-order valence-corrected chi connectivity index (χ0v) is 10.5. The lowest BCUT2D eigenvalue weighted by molar-refractivity contribution is 0.0696. The van der Waals surface area contributed by atoms with E-state index in [1.165, 1.54) is 24.4 Å². The molecule has 0 aliphatic heterocycles. The third-order valence-corrected chi connectivity index (χ3v) is 2.75. The van der Waals surface area contributed by atoms with E-state index in [1.807, 2.05) is 0 Å². The van der Waals surface area contributed by atoms with Crippen LogP contribution in [0.4, 0.5) is 10.2 Å². The van der Waals surface area contributed by atoms with E-state index >= 15 is 0 Å². The fourth-order valence-electron chi connectivity index (χ4n) is 1.47. The molecule has 0 atom stereocenters. The molecule has 2 rings (SSSR count). The van der Waals surface area contributed by atoms with Gasteiger partial charge in [-0.25, -0.2) is 14.2 Å². The van der Waals surface area contributed by atoms with Gasteiger partial charge in [0, 0.05) is 12.7 Å². The number of carbonyl (C=O) groups is 1. The molecule has 0 unspecified atom stereocenters. The Morgan fingerprint density at radius 1 is 1.37 bits per heavy atom. The minimum atomic E-state index is -1.08. The molecule has 0 bridgehead atoms. The van der Waals surface area contributed by atoms with Crippen molar-refractivity contribution in [1.29, 1.82) is 0 Å². The molecule has 1 aromatic heterocycles. The standard InChI is InChI=1S/C13H10ClFN2O2/c14-11-5-9(13(18)19)7-17-12(11)16-6-8-1-3-10(15)4-2-8/h1-5,7H,6H2,(H,16,17)(H,18,19). The van der Waals surface area contributed by atoms with Crippen LogP contribution in [0.25, 0.3) is 0 Å². The minimum absolute atomic E-state index is 0.0253. The lowest BCUT2D eigenvalue weighted by atomic mass is 10.2. The average molecular weight is 281 g/mol. The van der Waals surface area contributed by atoms with Crippen molar-refractivity contribution >= 4 is 23.4 Å². The molecule has 1 heterocycles. The molecular formula is C13H10ClFN2O2. The van der Waals surface area contributed by atoms with Crippen LogP contribution in [0, 0.1) is 5.82 Å². The van der Waals surface area contributed by atoms with Gasteiger partial charge in [0.1, 0.15) is 11.6 Å². The second-order valence-corrected chi connectivity index (χ2v) is 4.25. The van der Waals surface area contributed by atoms with Crippen LogP contribution in [-0.2, 0) is 6.54 Å². The van der Waals surface area contributed by atoms with Gasteiger partial charge in [-0.05, 0) is 23.8 Å². The number of hydrogen-bond donors (Lipinski definition) is 2. The first kappa shape index (κ1) is 13.3. The zero-order valence-electron chi connectivity index (χ0n) is 9.73. The second kappa shape index (κ2) is 5.67. The van der Waals surface area contributed by atoms with Crippen LogP contribution < -0.4 is 5.32 Å². The number of nitrogens with zero attached hydrogens (tertiary/aromatic N) is 1. The third kappa shape index (κ3) is 3.42. The molecule has 0 amide bonds. The van der Waals surface area contributed by atoms with E-state index in [2.05, 4.69) is 10.3 Å². The molecule has 0 saturated carbocycles. The Labute approximate surface area is 113 Å². The Kier molecular flexibility index (Phi) is 3.97. The van der Waals surface area contributed by atoms with E-state index in [0.717, 1.165) is 5.56 Å². The number of anilines is 1. The van der Waals surface area contributed by atoms with Crippen LogP contribution >= 0.6 is 11.6 Å². The molecule has 0 spiro atoms. The number of aromatic nitrogens is 1. The average Bonchev–Trinajstić information content (AvgIpc) is 2.39. The molecule has 4 nitrogen and oxygen atoms in total. The Balaban J connectivity index is 2.07. The highest BCUT2D eigenvalue weighted by atomic mass is 35.5. The van der Waals surface area contributed by atoms with Gasteiger partial charge < -0.3 is 10.4 Å². The van der Waals surface area contributed by atoms with Crippen molar-refractivity contribution in [1.82, 2.24) is 4.98 Å². The largest absolute Gasteiger partial charge is 0.478 e. The van der Waals surface area contributed by atoms with Crippen molar-refractivity contribution < 1.29 is 14.3 Å². The van der Waals surface area contributed by atoms with Crippen LogP contribution in [0.15, 0.2) is 36.5 Å². The number of aromatic carboxylic acids is 1. The van der Waals surface area contributed by atoms with Crippen molar-refractivity contribution in [3.05, 3.63) is 58.5 Å². The maximum Gasteiger partial charge on any atom is 0.337 e. The summed E-state index contributed by atoms with van der Waals surface area (Å²) in [7, 11) is 0. The summed E-state index contributed by atoms with van der Waals surface area (Å²) in [4.78, 5) is 14.7. The van der Waals surface area contributed by atoms with Crippen LogP contribution in [0.1, 0.15) is 15.9 Å². The van der Waals surface area contributed by atoms with E-state index in [0.29, 0.717) is 12.4 Å². The molecule has 19 heavy (non-hydrogen) atoms. The number of halogens is 2. The predicted octanol–water partition coefficient (Wildman–Crippen LogP) is 3.18.